The van der Waals surface area contributed by atoms with E-state index in [4.69, 9.17) is 4.74 Å². The topological polar surface area (TPSA) is 63.7 Å². The second-order valence-electron chi connectivity index (χ2n) is 8.99. The molecule has 0 aromatic heterocycles. The lowest BCUT2D eigenvalue weighted by atomic mass is 9.90. The van der Waals surface area contributed by atoms with Crippen LogP contribution < -0.4 is 0 Å². The minimum Gasteiger partial charge on any atom is -0.373 e. The van der Waals surface area contributed by atoms with Crippen LogP contribution in [0.15, 0.2) is 0 Å². The summed E-state index contributed by atoms with van der Waals surface area (Å²) in [5, 5.41) is 0. The molecule has 0 aliphatic heterocycles. The fourth-order valence-electron chi connectivity index (χ4n) is 2.22. The molecule has 23 heavy (non-hydrogen) atoms. The number of hydrogen-bond donors (Lipinski definition) is 0. The lowest BCUT2D eigenvalue weighted by Gasteiger charge is -2.38. The number of ether oxygens (including phenoxy) is 1. The largest absolute Gasteiger partial charge is 0.373 e. The lowest BCUT2D eigenvalue weighted by molar-refractivity contribution is -0.0556. The summed E-state index contributed by atoms with van der Waals surface area (Å²) in [7, 11) is -5.72. The summed E-state index contributed by atoms with van der Waals surface area (Å²) < 4.78 is 44.2. The first-order valence-corrected chi connectivity index (χ1v) is 12.6. The van der Waals surface area contributed by atoms with E-state index in [1.807, 2.05) is 27.7 Å². The first-order chi connectivity index (χ1) is 9.84. The molecule has 0 aliphatic carbocycles. The molecule has 0 saturated heterocycles. The first-order valence-electron chi connectivity index (χ1n) is 8.01. The van der Waals surface area contributed by atoms with E-state index in [9.17, 15) is 13.0 Å². The zero-order valence-corrected chi connectivity index (χ0v) is 18.2. The molecule has 140 valence electrons. The monoisotopic (exact) mass is 369 g/mol. The SMILES string of the molecule is C[C@H](O[C@@H](CN(C(C)(C)C)S(C)(=O)=O)CP(C)(C)=O)C(C)(C)C. The van der Waals surface area contributed by atoms with Crippen molar-refractivity contribution in [2.24, 2.45) is 5.41 Å². The molecule has 0 aromatic rings. The first kappa shape index (κ1) is 23.1. The van der Waals surface area contributed by atoms with Crippen LogP contribution in [0.25, 0.3) is 0 Å². The Hall–Kier alpha value is 0.1000. The highest BCUT2D eigenvalue weighted by atomic mass is 32.2. The van der Waals surface area contributed by atoms with Gasteiger partial charge in [-0.2, -0.15) is 4.31 Å². The maximum Gasteiger partial charge on any atom is 0.211 e. The van der Waals surface area contributed by atoms with E-state index in [2.05, 4.69) is 20.8 Å². The molecule has 0 unspecified atom stereocenters. The van der Waals surface area contributed by atoms with Crippen LogP contribution in [-0.2, 0) is 19.3 Å². The Morgan fingerprint density at radius 2 is 1.52 bits per heavy atom. The van der Waals surface area contributed by atoms with Crippen LogP contribution in [-0.4, -0.2) is 62.8 Å². The summed E-state index contributed by atoms with van der Waals surface area (Å²) in [6.45, 7) is 17.4. The Kier molecular flexibility index (Phi) is 7.58. The molecular weight excluding hydrogens is 333 g/mol. The average molecular weight is 370 g/mol. The van der Waals surface area contributed by atoms with Crippen molar-refractivity contribution in [1.82, 2.24) is 4.31 Å². The molecule has 0 amide bonds. The van der Waals surface area contributed by atoms with Gasteiger partial charge in [0.05, 0.1) is 25.6 Å². The Bertz CT molecular complexity index is 525. The molecule has 0 radical (unpaired) electrons. The molecule has 0 rings (SSSR count). The highest BCUT2D eigenvalue weighted by Crippen LogP contribution is 2.38. The van der Waals surface area contributed by atoms with Crippen molar-refractivity contribution >= 4 is 17.2 Å². The van der Waals surface area contributed by atoms with Gasteiger partial charge in [0.25, 0.3) is 0 Å². The van der Waals surface area contributed by atoms with E-state index >= 15 is 0 Å². The van der Waals surface area contributed by atoms with Crippen molar-refractivity contribution in [2.45, 2.75) is 66.2 Å². The van der Waals surface area contributed by atoms with Crippen LogP contribution in [0.2, 0.25) is 0 Å². The Labute approximate surface area is 143 Å². The lowest BCUT2D eigenvalue weighted by Crippen LogP contribution is -2.50. The number of nitrogens with zero attached hydrogens (tertiary/aromatic N) is 1. The highest BCUT2D eigenvalue weighted by Gasteiger charge is 2.35. The molecule has 0 fully saturated rings. The molecule has 5 nitrogen and oxygen atoms in total. The van der Waals surface area contributed by atoms with Gasteiger partial charge < -0.3 is 9.30 Å². The third-order valence-electron chi connectivity index (χ3n) is 3.78. The van der Waals surface area contributed by atoms with Gasteiger partial charge >= 0.3 is 0 Å². The van der Waals surface area contributed by atoms with Crippen molar-refractivity contribution in [1.29, 1.82) is 0 Å². The van der Waals surface area contributed by atoms with Crippen molar-refractivity contribution < 1.29 is 17.7 Å². The van der Waals surface area contributed by atoms with E-state index in [-0.39, 0.29) is 24.2 Å². The van der Waals surface area contributed by atoms with Gasteiger partial charge in [0.1, 0.15) is 0 Å². The van der Waals surface area contributed by atoms with Gasteiger partial charge in [-0.15, -0.1) is 0 Å². The van der Waals surface area contributed by atoms with Crippen LogP contribution in [0.3, 0.4) is 0 Å². The third-order valence-corrected chi connectivity index (χ3v) is 6.56. The fourth-order valence-corrected chi connectivity index (χ4v) is 4.83. The molecule has 0 aliphatic rings. The summed E-state index contributed by atoms with van der Waals surface area (Å²) in [5.74, 6) is 0. The summed E-state index contributed by atoms with van der Waals surface area (Å²) in [6, 6.07) is 0. The smallest absolute Gasteiger partial charge is 0.211 e. The highest BCUT2D eigenvalue weighted by molar-refractivity contribution is 7.88. The summed E-state index contributed by atoms with van der Waals surface area (Å²) >= 11 is 0. The molecule has 2 atom stereocenters. The van der Waals surface area contributed by atoms with E-state index in [1.54, 1.807) is 13.3 Å². The third kappa shape index (κ3) is 9.23. The van der Waals surface area contributed by atoms with Gasteiger partial charge in [-0.25, -0.2) is 8.42 Å². The standard InChI is InChI=1S/C16H36NO4PS/c1-13(15(2,3)4)21-14(12-22(8,9)18)11-17(16(5,6)7)23(10,19)20/h13-14H,11-12H2,1-10H3/t13-,14-/m0/s1. The van der Waals surface area contributed by atoms with Crippen LogP contribution in [0.4, 0.5) is 0 Å². The minimum absolute atomic E-state index is 0.0681. The second kappa shape index (κ2) is 7.55. The summed E-state index contributed by atoms with van der Waals surface area (Å²) in [4.78, 5) is 0. The van der Waals surface area contributed by atoms with Gasteiger partial charge in [-0.3, -0.25) is 0 Å². The Morgan fingerprint density at radius 1 is 1.09 bits per heavy atom. The van der Waals surface area contributed by atoms with Crippen LogP contribution in [0.5, 0.6) is 0 Å². The van der Waals surface area contributed by atoms with E-state index < -0.39 is 22.7 Å². The summed E-state index contributed by atoms with van der Waals surface area (Å²) in [6.07, 6.45) is 1.12. The zero-order valence-electron chi connectivity index (χ0n) is 16.5. The normalized spacial score (nSPS) is 17.3. The van der Waals surface area contributed by atoms with Gasteiger partial charge in [-0.1, -0.05) is 20.8 Å². The van der Waals surface area contributed by atoms with Crippen molar-refractivity contribution in [3.63, 3.8) is 0 Å². The van der Waals surface area contributed by atoms with Gasteiger partial charge in [0.2, 0.25) is 10.0 Å². The quantitative estimate of drug-likeness (QED) is 0.645. The Morgan fingerprint density at radius 3 is 1.78 bits per heavy atom. The molecule has 0 bridgehead atoms. The van der Waals surface area contributed by atoms with Gasteiger partial charge in [0, 0.05) is 18.2 Å². The second-order valence-corrected chi connectivity index (χ2v) is 14.4. The van der Waals surface area contributed by atoms with Crippen LogP contribution in [0.1, 0.15) is 48.5 Å². The summed E-state index contributed by atoms with van der Waals surface area (Å²) in [5.41, 5.74) is -0.618. The van der Waals surface area contributed by atoms with E-state index in [0.717, 1.165) is 0 Å². The molecule has 7 heteroatoms. The maximum absolute atomic E-state index is 12.3. The average Bonchev–Trinajstić information content (AvgIpc) is 2.18. The van der Waals surface area contributed by atoms with Gasteiger partial charge in [0.15, 0.2) is 0 Å². The molecule has 0 heterocycles. The zero-order chi connectivity index (χ0) is 18.9. The predicted molar refractivity (Wildman–Crippen MR) is 99.4 cm³/mol. The molecule has 0 saturated carbocycles. The number of rotatable bonds is 7. The van der Waals surface area contributed by atoms with E-state index in [1.165, 1.54) is 10.6 Å². The molecule has 0 N–H and O–H groups in total. The van der Waals surface area contributed by atoms with E-state index in [0.29, 0.717) is 6.16 Å². The van der Waals surface area contributed by atoms with Crippen LogP contribution in [0, 0.1) is 5.41 Å². The maximum atomic E-state index is 12.3. The molecule has 0 spiro atoms. The van der Waals surface area contributed by atoms with Crippen molar-refractivity contribution in [2.75, 3.05) is 32.3 Å². The van der Waals surface area contributed by atoms with Crippen molar-refractivity contribution in [3.05, 3.63) is 0 Å². The van der Waals surface area contributed by atoms with Crippen molar-refractivity contribution in [3.8, 4) is 0 Å². The van der Waals surface area contributed by atoms with Crippen LogP contribution >= 0.6 is 7.14 Å². The Balaban J connectivity index is 5.48. The number of hydrogen-bond acceptors (Lipinski definition) is 4. The molecule has 0 aromatic carbocycles. The molecular formula is C16H36NO4PS. The minimum atomic E-state index is -3.38. The van der Waals surface area contributed by atoms with Gasteiger partial charge in [-0.05, 0) is 46.4 Å². The predicted octanol–water partition coefficient (Wildman–Crippen LogP) is 3.49. The number of sulfonamides is 1. The fraction of sp³-hybridized carbons (Fsp3) is 1.00.